The molecule has 0 aromatic heterocycles. The Balaban J connectivity index is 1.91. The van der Waals surface area contributed by atoms with Gasteiger partial charge in [0, 0.05) is 11.9 Å². The van der Waals surface area contributed by atoms with E-state index < -0.39 is 10.8 Å². The Kier molecular flexibility index (Phi) is 6.51. The largest absolute Gasteiger partial charge is 0.376 e. The second kappa shape index (κ2) is 8.73. The summed E-state index contributed by atoms with van der Waals surface area (Å²) in [6, 6.07) is 15.4. The molecule has 8 heteroatoms. The van der Waals surface area contributed by atoms with Gasteiger partial charge in [-0.1, -0.05) is 65.9 Å². The molecule has 0 spiro atoms. The maximum atomic E-state index is 13.5. The lowest BCUT2D eigenvalue weighted by Crippen LogP contribution is -2.63. The van der Waals surface area contributed by atoms with Crippen molar-refractivity contribution in [1.29, 1.82) is 0 Å². The number of rotatable bonds is 5. The highest BCUT2D eigenvalue weighted by Gasteiger charge is 2.51. The van der Waals surface area contributed by atoms with Crippen LogP contribution >= 0.6 is 35.6 Å². The first-order valence-corrected chi connectivity index (χ1v) is 10.6. The van der Waals surface area contributed by atoms with E-state index in [1.165, 1.54) is 23.6 Å². The van der Waals surface area contributed by atoms with Crippen molar-refractivity contribution in [2.75, 3.05) is 0 Å². The molecule has 1 heterocycles. The number of hydrogen-bond donors (Lipinski definition) is 0. The number of nitrogens with zero attached hydrogens (tertiary/aromatic N) is 2. The first-order valence-electron chi connectivity index (χ1n) is 9.00. The highest BCUT2D eigenvalue weighted by atomic mass is 35.5. The third-order valence-electron chi connectivity index (χ3n) is 4.47. The van der Waals surface area contributed by atoms with Crippen LogP contribution in [0.1, 0.15) is 26.3 Å². The Bertz CT molecular complexity index is 919. The summed E-state index contributed by atoms with van der Waals surface area (Å²) >= 11 is 12.8. The van der Waals surface area contributed by atoms with Crippen LogP contribution < -0.4 is 4.84 Å². The molecule has 2 amide bonds. The van der Waals surface area contributed by atoms with Gasteiger partial charge >= 0.3 is 0 Å². The molecule has 1 fully saturated rings. The van der Waals surface area contributed by atoms with Gasteiger partial charge < -0.3 is 4.84 Å². The molecule has 1 atom stereocenters. The van der Waals surface area contributed by atoms with Crippen molar-refractivity contribution in [3.63, 3.8) is 0 Å². The van der Waals surface area contributed by atoms with Gasteiger partial charge in [-0.15, -0.1) is 0 Å². The van der Waals surface area contributed by atoms with E-state index in [0.717, 1.165) is 10.6 Å². The van der Waals surface area contributed by atoms with Crippen LogP contribution in [0.5, 0.6) is 5.75 Å². The van der Waals surface area contributed by atoms with E-state index in [2.05, 4.69) is 0 Å². The van der Waals surface area contributed by atoms with Gasteiger partial charge in [0.15, 0.2) is 11.8 Å². The molecular formula is C21H21ClN2O3S2. The second-order valence-electron chi connectivity index (χ2n) is 7.17. The number of thioether (sulfide) groups is 1. The van der Waals surface area contributed by atoms with E-state index >= 15 is 0 Å². The normalized spacial score (nSPS) is 18.5. The van der Waals surface area contributed by atoms with Crippen molar-refractivity contribution in [3.8, 4) is 5.75 Å². The smallest absolute Gasteiger partial charge is 0.256 e. The van der Waals surface area contributed by atoms with Gasteiger partial charge in [-0.2, -0.15) is 5.06 Å². The Labute approximate surface area is 184 Å². The van der Waals surface area contributed by atoms with Crippen molar-refractivity contribution in [3.05, 3.63) is 65.2 Å². The van der Waals surface area contributed by atoms with Gasteiger partial charge in [-0.05, 0) is 43.7 Å². The molecule has 5 nitrogen and oxygen atoms in total. The Morgan fingerprint density at radius 2 is 1.83 bits per heavy atom. The SMILES string of the molecule is CC(=O)N(Oc1ccc(Cl)cc1)C1C(=O)N(Cc2ccccc2)C(=S)SC1(C)C. The zero-order valence-corrected chi connectivity index (χ0v) is 18.7. The summed E-state index contributed by atoms with van der Waals surface area (Å²) in [6.45, 7) is 5.48. The lowest BCUT2D eigenvalue weighted by atomic mass is 10.0. The molecule has 2 aromatic rings. The third-order valence-corrected chi connectivity index (χ3v) is 6.34. The first kappa shape index (κ1) is 21.6. The van der Waals surface area contributed by atoms with Crippen molar-refractivity contribution in [1.82, 2.24) is 9.96 Å². The summed E-state index contributed by atoms with van der Waals surface area (Å²) in [5.41, 5.74) is 0.954. The zero-order valence-electron chi connectivity index (χ0n) is 16.3. The number of benzene rings is 2. The standard InChI is InChI=1S/C21H21ClN2O3S2/c1-14(25)24(27-17-11-9-16(22)10-12-17)18-19(26)23(20(28)29-21(18,2)3)13-15-7-5-4-6-8-15/h4-12,18H,13H2,1-3H3. The summed E-state index contributed by atoms with van der Waals surface area (Å²) in [5, 5.41) is 1.69. The summed E-state index contributed by atoms with van der Waals surface area (Å²) in [4.78, 5) is 33.3. The summed E-state index contributed by atoms with van der Waals surface area (Å²) in [7, 11) is 0. The van der Waals surface area contributed by atoms with Crippen LogP contribution in [0.15, 0.2) is 54.6 Å². The fourth-order valence-corrected chi connectivity index (χ4v) is 5.02. The molecule has 1 aliphatic rings. The van der Waals surface area contributed by atoms with Crippen LogP contribution in [0.4, 0.5) is 0 Å². The number of halogens is 1. The van der Waals surface area contributed by atoms with Crippen molar-refractivity contribution >= 4 is 51.7 Å². The Hall–Kier alpha value is -2.09. The van der Waals surface area contributed by atoms with E-state index in [1.807, 2.05) is 44.2 Å². The summed E-state index contributed by atoms with van der Waals surface area (Å²) in [5.74, 6) is -0.229. The molecule has 2 aromatic carbocycles. The van der Waals surface area contributed by atoms with Gasteiger partial charge in [-0.25, -0.2) is 0 Å². The monoisotopic (exact) mass is 448 g/mol. The second-order valence-corrected chi connectivity index (χ2v) is 9.90. The average molecular weight is 449 g/mol. The van der Waals surface area contributed by atoms with Gasteiger partial charge in [0.25, 0.3) is 11.8 Å². The highest BCUT2D eigenvalue weighted by molar-refractivity contribution is 8.24. The van der Waals surface area contributed by atoms with Crippen LogP contribution in [0.2, 0.25) is 5.02 Å². The summed E-state index contributed by atoms with van der Waals surface area (Å²) < 4.78 is -0.186. The van der Waals surface area contributed by atoms with E-state index in [-0.39, 0.29) is 11.8 Å². The van der Waals surface area contributed by atoms with Crippen molar-refractivity contribution in [2.45, 2.75) is 38.1 Å². The number of amides is 2. The molecule has 0 N–H and O–H groups in total. The number of hydroxylamine groups is 2. The third kappa shape index (κ3) is 4.91. The maximum Gasteiger partial charge on any atom is 0.256 e. The Morgan fingerprint density at radius 3 is 2.41 bits per heavy atom. The molecule has 29 heavy (non-hydrogen) atoms. The number of carbonyl (C=O) groups excluding carboxylic acids is 2. The molecule has 1 unspecified atom stereocenters. The molecule has 1 saturated heterocycles. The quantitative estimate of drug-likeness (QED) is 0.490. The van der Waals surface area contributed by atoms with Crippen LogP contribution in [0, 0.1) is 0 Å². The van der Waals surface area contributed by atoms with Gasteiger partial charge in [-0.3, -0.25) is 14.5 Å². The molecule has 1 aliphatic heterocycles. The number of carbonyl (C=O) groups is 2. The molecular weight excluding hydrogens is 428 g/mol. The van der Waals surface area contributed by atoms with Crippen LogP contribution in [-0.4, -0.2) is 36.9 Å². The van der Waals surface area contributed by atoms with Gasteiger partial charge in [0.1, 0.15) is 4.32 Å². The topological polar surface area (TPSA) is 49.9 Å². The molecule has 0 radical (unpaired) electrons. The first-order chi connectivity index (χ1) is 13.7. The molecule has 0 aliphatic carbocycles. The van der Waals surface area contributed by atoms with Crippen molar-refractivity contribution < 1.29 is 14.4 Å². The fourth-order valence-electron chi connectivity index (χ4n) is 3.07. The minimum absolute atomic E-state index is 0.272. The fraction of sp³-hybridized carbons (Fsp3) is 0.286. The van der Waals surface area contributed by atoms with Gasteiger partial charge in [0.05, 0.1) is 11.3 Å². The zero-order chi connectivity index (χ0) is 21.2. The average Bonchev–Trinajstić information content (AvgIpc) is 2.66. The molecule has 0 bridgehead atoms. The highest BCUT2D eigenvalue weighted by Crippen LogP contribution is 2.40. The van der Waals surface area contributed by atoms with Crippen LogP contribution in [0.3, 0.4) is 0 Å². The van der Waals surface area contributed by atoms with E-state index in [9.17, 15) is 9.59 Å². The van der Waals surface area contributed by atoms with Crippen LogP contribution in [-0.2, 0) is 16.1 Å². The van der Waals surface area contributed by atoms with E-state index in [4.69, 9.17) is 28.7 Å². The minimum Gasteiger partial charge on any atom is -0.376 e. The van der Waals surface area contributed by atoms with Gasteiger partial charge in [0.2, 0.25) is 0 Å². The van der Waals surface area contributed by atoms with E-state index in [1.54, 1.807) is 24.3 Å². The molecule has 3 rings (SSSR count). The van der Waals surface area contributed by atoms with Crippen molar-refractivity contribution in [2.24, 2.45) is 0 Å². The Morgan fingerprint density at radius 1 is 1.21 bits per heavy atom. The van der Waals surface area contributed by atoms with E-state index in [0.29, 0.717) is 21.6 Å². The predicted octanol–water partition coefficient (Wildman–Crippen LogP) is 4.69. The number of thiocarbonyl (C=S) groups is 1. The lowest BCUT2D eigenvalue weighted by molar-refractivity contribution is -0.174. The number of hydrogen-bond acceptors (Lipinski definition) is 5. The van der Waals surface area contributed by atoms with Crippen LogP contribution in [0.25, 0.3) is 0 Å². The summed E-state index contributed by atoms with van der Waals surface area (Å²) in [6.07, 6.45) is 0. The molecule has 0 saturated carbocycles. The maximum absolute atomic E-state index is 13.5. The lowest BCUT2D eigenvalue weighted by Gasteiger charge is -2.45. The predicted molar refractivity (Wildman–Crippen MR) is 120 cm³/mol. The molecule has 152 valence electrons. The minimum atomic E-state index is -0.851.